The molecule has 0 saturated heterocycles. The van der Waals surface area contributed by atoms with E-state index in [1.807, 2.05) is 26.1 Å². The Morgan fingerprint density at radius 1 is 1.43 bits per heavy atom. The molecule has 2 atom stereocenters. The smallest absolute Gasteiger partial charge is 0.334 e. The maximum atomic E-state index is 12.0. The summed E-state index contributed by atoms with van der Waals surface area (Å²) in [6.07, 6.45) is 4.87. The van der Waals surface area contributed by atoms with Gasteiger partial charge in [-0.3, -0.25) is 0 Å². The number of halogens is 1. The SMILES string of the molecule is CN[C@@H]1Cc2c[nH]c3cccc(c23)[C@]12C=C(C)C(=O)O2.Cl. The predicted octanol–water partition coefficient (Wildman–Crippen LogP) is 2.43. The number of aromatic nitrogens is 1. The van der Waals surface area contributed by atoms with Gasteiger partial charge >= 0.3 is 5.97 Å². The minimum Gasteiger partial charge on any atom is -0.445 e. The Kier molecular flexibility index (Phi) is 3.11. The largest absolute Gasteiger partial charge is 0.445 e. The molecular formula is C16H17ClN2O2. The third-order valence-electron chi connectivity index (χ3n) is 4.51. The van der Waals surface area contributed by atoms with E-state index in [9.17, 15) is 4.79 Å². The summed E-state index contributed by atoms with van der Waals surface area (Å²) >= 11 is 0. The first kappa shape index (κ1) is 14.2. The van der Waals surface area contributed by atoms with Crippen LogP contribution in [0.3, 0.4) is 0 Å². The molecule has 0 amide bonds. The number of ether oxygens (including phenoxy) is 1. The van der Waals surface area contributed by atoms with E-state index in [2.05, 4.69) is 28.6 Å². The lowest BCUT2D eigenvalue weighted by atomic mass is 9.76. The van der Waals surface area contributed by atoms with Crippen LogP contribution in [0.2, 0.25) is 0 Å². The molecule has 110 valence electrons. The van der Waals surface area contributed by atoms with Crippen molar-refractivity contribution < 1.29 is 9.53 Å². The minimum absolute atomic E-state index is 0. The molecule has 0 unspecified atom stereocenters. The maximum absolute atomic E-state index is 12.0. The number of carbonyl (C=O) groups excluding carboxylic acids is 1. The van der Waals surface area contributed by atoms with Crippen LogP contribution in [0.15, 0.2) is 36.0 Å². The predicted molar refractivity (Wildman–Crippen MR) is 83.6 cm³/mol. The van der Waals surface area contributed by atoms with Crippen molar-refractivity contribution in [2.75, 3.05) is 7.05 Å². The van der Waals surface area contributed by atoms with E-state index in [4.69, 9.17) is 4.74 Å². The maximum Gasteiger partial charge on any atom is 0.334 e. The molecule has 2 N–H and O–H groups in total. The Morgan fingerprint density at radius 3 is 2.90 bits per heavy atom. The summed E-state index contributed by atoms with van der Waals surface area (Å²) in [5.41, 5.74) is 3.45. The molecule has 5 heteroatoms. The van der Waals surface area contributed by atoms with Gasteiger partial charge in [-0.2, -0.15) is 0 Å². The third-order valence-corrected chi connectivity index (χ3v) is 4.51. The van der Waals surface area contributed by atoms with Crippen molar-refractivity contribution in [1.29, 1.82) is 0 Å². The van der Waals surface area contributed by atoms with Gasteiger partial charge in [-0.15, -0.1) is 12.4 Å². The van der Waals surface area contributed by atoms with Crippen LogP contribution >= 0.6 is 12.4 Å². The fraction of sp³-hybridized carbons (Fsp3) is 0.312. The Morgan fingerprint density at radius 2 is 2.24 bits per heavy atom. The lowest BCUT2D eigenvalue weighted by Gasteiger charge is -2.39. The zero-order valence-corrected chi connectivity index (χ0v) is 12.7. The molecule has 2 aliphatic rings. The Balaban J connectivity index is 0.00000132. The van der Waals surface area contributed by atoms with Gasteiger partial charge in [0.05, 0.1) is 6.04 Å². The Labute approximate surface area is 129 Å². The molecule has 4 nitrogen and oxygen atoms in total. The van der Waals surface area contributed by atoms with E-state index in [-0.39, 0.29) is 24.4 Å². The molecule has 1 aliphatic heterocycles. The molecule has 0 bridgehead atoms. The standard InChI is InChI=1S/C16H16N2O2.ClH/c1-9-7-16(20-15(9)19)11-4-3-5-12-14(11)10(8-18-12)6-13(16)17-2;/h3-5,7-8,13,17-18H,6H2,1-2H3;1H/t13-,16-;/m1./s1. The van der Waals surface area contributed by atoms with E-state index in [0.717, 1.165) is 17.5 Å². The molecule has 1 aliphatic carbocycles. The van der Waals surface area contributed by atoms with E-state index >= 15 is 0 Å². The minimum atomic E-state index is -0.676. The van der Waals surface area contributed by atoms with Crippen LogP contribution in [-0.2, 0) is 21.6 Å². The van der Waals surface area contributed by atoms with Gasteiger partial charge in [0.2, 0.25) is 0 Å². The van der Waals surface area contributed by atoms with Crippen LogP contribution in [0.25, 0.3) is 10.9 Å². The second-order valence-electron chi connectivity index (χ2n) is 5.60. The number of fused-ring (bicyclic) bond motifs is 1. The van der Waals surface area contributed by atoms with Gasteiger partial charge in [0.1, 0.15) is 0 Å². The Hall–Kier alpha value is -1.78. The average Bonchev–Trinajstić information content (AvgIpc) is 2.98. The summed E-state index contributed by atoms with van der Waals surface area (Å²) in [5.74, 6) is -0.221. The highest BCUT2D eigenvalue weighted by molar-refractivity contribution is 5.95. The molecule has 2 aromatic rings. The first-order chi connectivity index (χ1) is 9.65. The zero-order chi connectivity index (χ0) is 13.9. The molecule has 2 heterocycles. The number of hydrogen-bond donors (Lipinski definition) is 2. The molecular weight excluding hydrogens is 288 g/mol. The first-order valence-corrected chi connectivity index (χ1v) is 6.85. The van der Waals surface area contributed by atoms with Crippen LogP contribution < -0.4 is 5.32 Å². The molecule has 0 radical (unpaired) electrons. The zero-order valence-electron chi connectivity index (χ0n) is 11.9. The molecule has 1 aromatic carbocycles. The summed E-state index contributed by atoms with van der Waals surface area (Å²) < 4.78 is 5.81. The normalized spacial score (nSPS) is 26.7. The Bertz CT molecular complexity index is 765. The summed E-state index contributed by atoms with van der Waals surface area (Å²) in [5, 5.41) is 4.51. The van der Waals surface area contributed by atoms with Crippen LogP contribution in [0.1, 0.15) is 18.1 Å². The average molecular weight is 305 g/mol. The number of rotatable bonds is 1. The van der Waals surface area contributed by atoms with Crippen LogP contribution in [-0.4, -0.2) is 24.0 Å². The van der Waals surface area contributed by atoms with E-state index < -0.39 is 5.60 Å². The van der Waals surface area contributed by atoms with Crippen molar-refractivity contribution in [3.63, 3.8) is 0 Å². The highest BCUT2D eigenvalue weighted by atomic mass is 35.5. The number of esters is 1. The lowest BCUT2D eigenvalue weighted by molar-refractivity contribution is -0.149. The fourth-order valence-corrected chi connectivity index (χ4v) is 3.57. The van der Waals surface area contributed by atoms with Crippen molar-refractivity contribution in [3.05, 3.63) is 47.2 Å². The highest BCUT2D eigenvalue weighted by Crippen LogP contribution is 2.46. The third kappa shape index (κ3) is 1.69. The van der Waals surface area contributed by atoms with E-state index in [1.165, 1.54) is 10.9 Å². The molecule has 1 spiro atoms. The molecule has 4 rings (SSSR count). The molecule has 1 aromatic heterocycles. The van der Waals surface area contributed by atoms with Gasteiger partial charge in [-0.1, -0.05) is 12.1 Å². The van der Waals surface area contributed by atoms with Gasteiger partial charge in [-0.05, 0) is 38.1 Å². The number of nitrogens with one attached hydrogen (secondary N) is 2. The highest BCUT2D eigenvalue weighted by Gasteiger charge is 2.50. The van der Waals surface area contributed by atoms with Gasteiger partial charge < -0.3 is 15.0 Å². The van der Waals surface area contributed by atoms with Crippen LogP contribution in [0.4, 0.5) is 0 Å². The quantitative estimate of drug-likeness (QED) is 0.796. The van der Waals surface area contributed by atoms with Gasteiger partial charge in [-0.25, -0.2) is 4.79 Å². The number of hydrogen-bond acceptors (Lipinski definition) is 3. The van der Waals surface area contributed by atoms with Crippen molar-refractivity contribution in [2.45, 2.75) is 25.0 Å². The summed E-state index contributed by atoms with van der Waals surface area (Å²) in [4.78, 5) is 15.3. The van der Waals surface area contributed by atoms with Gasteiger partial charge in [0, 0.05) is 28.2 Å². The van der Waals surface area contributed by atoms with Crippen molar-refractivity contribution in [2.24, 2.45) is 0 Å². The fourth-order valence-electron chi connectivity index (χ4n) is 3.57. The first-order valence-electron chi connectivity index (χ1n) is 6.85. The van der Waals surface area contributed by atoms with Crippen molar-refractivity contribution >= 4 is 29.3 Å². The number of carbonyl (C=O) groups is 1. The van der Waals surface area contributed by atoms with Crippen molar-refractivity contribution in [1.82, 2.24) is 10.3 Å². The second kappa shape index (κ2) is 4.61. The van der Waals surface area contributed by atoms with E-state index in [0.29, 0.717) is 5.57 Å². The molecule has 0 saturated carbocycles. The van der Waals surface area contributed by atoms with E-state index in [1.54, 1.807) is 0 Å². The molecule has 0 fully saturated rings. The molecule has 21 heavy (non-hydrogen) atoms. The summed E-state index contributed by atoms with van der Waals surface area (Å²) in [6, 6.07) is 6.18. The van der Waals surface area contributed by atoms with Crippen LogP contribution in [0.5, 0.6) is 0 Å². The number of H-pyrrole nitrogens is 1. The second-order valence-corrected chi connectivity index (χ2v) is 5.60. The summed E-state index contributed by atoms with van der Waals surface area (Å²) in [7, 11) is 1.92. The van der Waals surface area contributed by atoms with Gasteiger partial charge in [0.15, 0.2) is 5.60 Å². The number of benzene rings is 1. The monoisotopic (exact) mass is 304 g/mol. The van der Waals surface area contributed by atoms with Crippen LogP contribution in [0, 0.1) is 0 Å². The topological polar surface area (TPSA) is 54.1 Å². The number of aromatic amines is 1. The van der Waals surface area contributed by atoms with Crippen molar-refractivity contribution in [3.8, 4) is 0 Å². The summed E-state index contributed by atoms with van der Waals surface area (Å²) in [6.45, 7) is 1.82. The number of likely N-dealkylation sites (N-methyl/N-ethyl adjacent to an activating group) is 1. The lowest BCUT2D eigenvalue weighted by Crippen LogP contribution is -2.50. The van der Waals surface area contributed by atoms with Gasteiger partial charge in [0.25, 0.3) is 0 Å².